The SMILES string of the molecule is CC(C)=N/N=C(\[O-])CCCOc1ccc(Cl)cc1Cl.CC(C)=N/N=C(\[O-])CCCOc1ccc(Cl)cc1Cl.[Cu+2]. The number of nitrogens with zero attached hydrogens (tertiary/aromatic N) is 4. The number of hydrogen-bond donors (Lipinski definition) is 0. The van der Waals surface area contributed by atoms with Crippen molar-refractivity contribution in [1.29, 1.82) is 0 Å². The van der Waals surface area contributed by atoms with Gasteiger partial charge in [0.2, 0.25) is 0 Å². The molecule has 2 aromatic rings. The van der Waals surface area contributed by atoms with Crippen molar-refractivity contribution in [1.82, 2.24) is 0 Å². The molecule has 0 saturated heterocycles. The summed E-state index contributed by atoms with van der Waals surface area (Å²) in [6.45, 7) is 7.89. The first kappa shape index (κ1) is 37.0. The molecule has 0 bridgehead atoms. The second-order valence-electron chi connectivity index (χ2n) is 8.14. The average molecular weight is 668 g/mol. The molecule has 0 heterocycles. The maximum absolute atomic E-state index is 11.3. The molecule has 0 atom stereocenters. The van der Waals surface area contributed by atoms with Crippen LogP contribution < -0.4 is 19.7 Å². The van der Waals surface area contributed by atoms with E-state index >= 15 is 0 Å². The molecule has 0 aliphatic rings. The van der Waals surface area contributed by atoms with Crippen molar-refractivity contribution in [3.63, 3.8) is 0 Å². The van der Waals surface area contributed by atoms with Crippen molar-refractivity contribution in [2.45, 2.75) is 53.4 Å². The van der Waals surface area contributed by atoms with Crippen molar-refractivity contribution < 1.29 is 36.8 Å². The Balaban J connectivity index is 0.000000722. The van der Waals surface area contributed by atoms with Crippen LogP contribution in [0.1, 0.15) is 53.4 Å². The molecule has 0 unspecified atom stereocenters. The van der Waals surface area contributed by atoms with Crippen molar-refractivity contribution in [2.75, 3.05) is 13.2 Å². The van der Waals surface area contributed by atoms with E-state index in [1.165, 1.54) is 0 Å². The van der Waals surface area contributed by atoms with Crippen molar-refractivity contribution in [2.24, 2.45) is 20.4 Å². The molecule has 0 fully saturated rings. The summed E-state index contributed by atoms with van der Waals surface area (Å²) in [5.41, 5.74) is 1.50. The Morgan fingerprint density at radius 1 is 0.641 bits per heavy atom. The van der Waals surface area contributed by atoms with Crippen molar-refractivity contribution in [3.8, 4) is 11.5 Å². The Kier molecular flexibility index (Phi) is 19.8. The van der Waals surface area contributed by atoms with Crippen LogP contribution in [0.25, 0.3) is 0 Å². The summed E-state index contributed by atoms with van der Waals surface area (Å²) in [6, 6.07) is 10.0. The zero-order chi connectivity index (χ0) is 28.5. The van der Waals surface area contributed by atoms with Crippen LogP contribution >= 0.6 is 46.4 Å². The van der Waals surface area contributed by atoms with E-state index in [1.54, 1.807) is 64.1 Å². The molecule has 0 saturated carbocycles. The van der Waals surface area contributed by atoms with Crippen LogP contribution in [0.2, 0.25) is 20.1 Å². The van der Waals surface area contributed by atoms with Gasteiger partial charge in [-0.25, -0.2) is 0 Å². The Bertz CT molecular complexity index is 1060. The number of hydrogen-bond acceptors (Lipinski definition) is 8. The minimum Gasteiger partial charge on any atom is -0.860 e. The molecular weight excluding hydrogens is 638 g/mol. The summed E-state index contributed by atoms with van der Waals surface area (Å²) in [6.07, 6.45) is 1.70. The van der Waals surface area contributed by atoms with E-state index in [9.17, 15) is 10.2 Å². The van der Waals surface area contributed by atoms with E-state index < -0.39 is 0 Å². The normalized spacial score (nSPS) is 11.0. The number of ether oxygens (including phenoxy) is 2. The third kappa shape index (κ3) is 18.1. The van der Waals surface area contributed by atoms with Crippen LogP contribution in [0.3, 0.4) is 0 Å². The van der Waals surface area contributed by atoms with Crippen LogP contribution in [-0.2, 0) is 17.1 Å². The molecule has 0 aromatic heterocycles. The van der Waals surface area contributed by atoms with Gasteiger partial charge in [0.05, 0.1) is 23.3 Å². The van der Waals surface area contributed by atoms with E-state index in [1.807, 2.05) is 0 Å². The van der Waals surface area contributed by atoms with Crippen molar-refractivity contribution >= 4 is 69.6 Å². The summed E-state index contributed by atoms with van der Waals surface area (Å²) in [4.78, 5) is 0. The van der Waals surface area contributed by atoms with E-state index in [2.05, 4.69) is 20.4 Å². The van der Waals surface area contributed by atoms with Gasteiger partial charge in [-0.1, -0.05) is 46.4 Å². The molecule has 217 valence electrons. The van der Waals surface area contributed by atoms with E-state index in [0.717, 1.165) is 11.4 Å². The zero-order valence-electron chi connectivity index (χ0n) is 21.9. The molecule has 39 heavy (non-hydrogen) atoms. The van der Waals surface area contributed by atoms with Gasteiger partial charge < -0.3 is 19.7 Å². The summed E-state index contributed by atoms with van der Waals surface area (Å²) < 4.78 is 10.9. The smallest absolute Gasteiger partial charge is 0.860 e. The predicted octanol–water partition coefficient (Wildman–Crippen LogP) is 6.61. The molecule has 0 N–H and O–H groups in total. The quantitative estimate of drug-likeness (QED) is 0.0833. The van der Waals surface area contributed by atoms with Gasteiger partial charge in [-0.15, -0.1) is 0 Å². The van der Waals surface area contributed by atoms with Gasteiger partial charge in [-0.3, -0.25) is 0 Å². The predicted molar refractivity (Wildman–Crippen MR) is 155 cm³/mol. The Morgan fingerprint density at radius 2 is 1.00 bits per heavy atom. The molecule has 0 aliphatic carbocycles. The minimum absolute atomic E-state index is 0. The Morgan fingerprint density at radius 3 is 1.31 bits per heavy atom. The molecule has 1 radical (unpaired) electrons. The van der Waals surface area contributed by atoms with Crippen LogP contribution in [0, 0.1) is 0 Å². The molecular formula is C26H30Cl4CuN4O4. The maximum Gasteiger partial charge on any atom is 2.00 e. The molecule has 0 spiro atoms. The van der Waals surface area contributed by atoms with E-state index in [-0.39, 0.29) is 28.9 Å². The fraction of sp³-hybridized carbons (Fsp3) is 0.385. The zero-order valence-corrected chi connectivity index (χ0v) is 25.9. The van der Waals surface area contributed by atoms with Crippen LogP contribution in [0.4, 0.5) is 0 Å². The average Bonchev–Trinajstić information content (AvgIpc) is 2.84. The van der Waals surface area contributed by atoms with E-state index in [4.69, 9.17) is 55.9 Å². The summed E-state index contributed by atoms with van der Waals surface area (Å²) in [5.74, 6) is 0.592. The second kappa shape index (κ2) is 20.8. The van der Waals surface area contributed by atoms with Crippen LogP contribution in [0.15, 0.2) is 56.8 Å². The Labute approximate surface area is 260 Å². The van der Waals surface area contributed by atoms with E-state index in [0.29, 0.717) is 70.5 Å². The van der Waals surface area contributed by atoms with Gasteiger partial charge in [0.15, 0.2) is 0 Å². The summed E-state index contributed by atoms with van der Waals surface area (Å²) >= 11 is 23.4. The van der Waals surface area contributed by atoms with Crippen molar-refractivity contribution in [3.05, 3.63) is 56.5 Å². The monoisotopic (exact) mass is 665 g/mol. The first-order chi connectivity index (χ1) is 18.0. The largest absolute Gasteiger partial charge is 2.00 e. The maximum atomic E-state index is 11.3. The second-order valence-corrected chi connectivity index (χ2v) is 9.82. The summed E-state index contributed by atoms with van der Waals surface area (Å²) in [7, 11) is 0. The van der Waals surface area contributed by atoms with Gasteiger partial charge >= 0.3 is 17.1 Å². The molecule has 0 amide bonds. The molecule has 8 nitrogen and oxygen atoms in total. The van der Waals surface area contributed by atoms with Gasteiger partial charge in [0, 0.05) is 21.5 Å². The fourth-order valence-corrected chi connectivity index (χ4v) is 3.33. The first-order valence-electron chi connectivity index (χ1n) is 11.6. The van der Waals surface area contributed by atoms with Gasteiger partial charge in [0.25, 0.3) is 0 Å². The molecule has 2 rings (SSSR count). The number of rotatable bonds is 12. The van der Waals surface area contributed by atoms with Gasteiger partial charge in [0.1, 0.15) is 11.5 Å². The molecule has 0 aliphatic heterocycles. The first-order valence-corrected chi connectivity index (χ1v) is 13.1. The van der Waals surface area contributed by atoms with Crippen LogP contribution in [0.5, 0.6) is 11.5 Å². The third-order valence-electron chi connectivity index (χ3n) is 4.10. The topological polar surface area (TPSA) is 114 Å². The molecule has 2 aromatic carbocycles. The van der Waals surface area contributed by atoms with Crippen LogP contribution in [-0.4, -0.2) is 36.4 Å². The Hall–Kier alpha value is -2.00. The minimum atomic E-state index is -0.257. The standard InChI is InChI=1S/2C13H16Cl2N2O2.Cu/c2*1-9(2)16-17-13(18)4-3-7-19-12-6-5-10(14)8-11(12)15;/h2*5-6,8H,3-4,7H2,1-2H3,(H,17,18);/q;;+2/p-2. The number of benzene rings is 2. The molecule has 13 heteroatoms. The third-order valence-corrected chi connectivity index (χ3v) is 5.16. The summed E-state index contributed by atoms with van der Waals surface area (Å²) in [5, 5.41) is 39.1. The van der Waals surface area contributed by atoms with Gasteiger partial charge in [-0.2, -0.15) is 20.4 Å². The fourth-order valence-electron chi connectivity index (χ4n) is 2.41. The van der Waals surface area contributed by atoms with Gasteiger partial charge in [-0.05, 0) is 102 Å². The number of halogens is 4.